The Balaban J connectivity index is 1.51. The van der Waals surface area contributed by atoms with Crippen LogP contribution in [0.1, 0.15) is 16.6 Å². The van der Waals surface area contributed by atoms with Gasteiger partial charge in [0, 0.05) is 42.3 Å². The van der Waals surface area contributed by atoms with E-state index in [2.05, 4.69) is 4.98 Å². The Bertz CT molecular complexity index is 1340. The van der Waals surface area contributed by atoms with E-state index in [9.17, 15) is 9.59 Å². The first-order chi connectivity index (χ1) is 14.5. The van der Waals surface area contributed by atoms with Crippen LogP contribution in [0.2, 0.25) is 0 Å². The number of morpholine rings is 1. The van der Waals surface area contributed by atoms with Crippen molar-refractivity contribution in [3.05, 3.63) is 58.0 Å². The van der Waals surface area contributed by atoms with Gasteiger partial charge in [0.05, 0.1) is 29.8 Å². The van der Waals surface area contributed by atoms with Crippen LogP contribution in [0.3, 0.4) is 0 Å². The van der Waals surface area contributed by atoms with Crippen molar-refractivity contribution in [2.45, 2.75) is 13.0 Å². The zero-order valence-corrected chi connectivity index (χ0v) is 17.5. The van der Waals surface area contributed by atoms with Gasteiger partial charge in [-0.3, -0.25) is 9.59 Å². The molecule has 0 spiro atoms. The first-order valence-corrected chi connectivity index (χ1v) is 10.6. The monoisotopic (exact) mass is 420 g/mol. The summed E-state index contributed by atoms with van der Waals surface area (Å²) < 4.78 is 6.95. The number of carbonyl (C=O) groups excluding carboxylic acids is 1. The van der Waals surface area contributed by atoms with E-state index in [-0.39, 0.29) is 17.5 Å². The molecular weight excluding hydrogens is 400 g/mol. The highest BCUT2D eigenvalue weighted by atomic mass is 32.1. The maximum Gasteiger partial charge on any atom is 0.276 e. The van der Waals surface area contributed by atoms with E-state index in [1.54, 1.807) is 19.4 Å². The van der Waals surface area contributed by atoms with Crippen LogP contribution in [0.5, 0.6) is 0 Å². The molecule has 0 unspecified atom stereocenters. The fourth-order valence-electron chi connectivity index (χ4n) is 3.71. The third-order valence-electron chi connectivity index (χ3n) is 5.44. The molecule has 7 nitrogen and oxygen atoms in total. The van der Waals surface area contributed by atoms with Crippen LogP contribution in [0.15, 0.2) is 47.5 Å². The van der Waals surface area contributed by atoms with E-state index in [0.717, 1.165) is 26.9 Å². The number of rotatable bonds is 2. The number of fused-ring (bicyclic) bond motifs is 2. The predicted octanol–water partition coefficient (Wildman–Crippen LogP) is 3.07. The minimum atomic E-state index is -0.124. The van der Waals surface area contributed by atoms with Crippen molar-refractivity contribution >= 4 is 38.4 Å². The standard InChI is InChI=1S/C22H20N4O3S/c1-13-12-29-8-7-26(13)21(27)18-10-15-3-4-17(24-20(15)30-18)16-9-14-5-6-25(2)22(28)19(14)23-11-16/h3-6,9-11,13H,7-8,12H2,1-2H3/t13-/m1/s1. The fraction of sp³-hybridized carbons (Fsp3) is 0.273. The number of ether oxygens (including phenoxy) is 1. The van der Waals surface area contributed by atoms with E-state index in [1.165, 1.54) is 15.9 Å². The minimum absolute atomic E-state index is 0.0265. The van der Waals surface area contributed by atoms with Crippen molar-refractivity contribution in [2.75, 3.05) is 19.8 Å². The molecule has 0 aliphatic carbocycles. The van der Waals surface area contributed by atoms with E-state index in [1.807, 2.05) is 42.2 Å². The topological polar surface area (TPSA) is 77.3 Å². The molecule has 4 aromatic heterocycles. The molecule has 8 heteroatoms. The number of thiophene rings is 1. The van der Waals surface area contributed by atoms with Crippen molar-refractivity contribution in [1.82, 2.24) is 19.4 Å². The normalized spacial score (nSPS) is 17.0. The second kappa shape index (κ2) is 7.30. The molecule has 5 heterocycles. The summed E-state index contributed by atoms with van der Waals surface area (Å²) in [7, 11) is 1.71. The third-order valence-corrected chi connectivity index (χ3v) is 6.47. The Morgan fingerprint density at radius 1 is 1.23 bits per heavy atom. The summed E-state index contributed by atoms with van der Waals surface area (Å²) in [5, 5.41) is 1.72. The number of carbonyl (C=O) groups is 1. The molecule has 152 valence electrons. The van der Waals surface area contributed by atoms with Crippen molar-refractivity contribution in [3.63, 3.8) is 0 Å². The second-order valence-electron chi connectivity index (χ2n) is 7.52. The highest BCUT2D eigenvalue weighted by Crippen LogP contribution is 2.29. The lowest BCUT2D eigenvalue weighted by molar-refractivity contribution is 0.00387. The number of pyridine rings is 3. The van der Waals surface area contributed by atoms with Gasteiger partial charge in [0.25, 0.3) is 11.5 Å². The first-order valence-electron chi connectivity index (χ1n) is 9.76. The largest absolute Gasteiger partial charge is 0.377 e. The molecule has 1 saturated heterocycles. The number of hydrogen-bond donors (Lipinski definition) is 0. The summed E-state index contributed by atoms with van der Waals surface area (Å²) in [5.41, 5.74) is 1.91. The van der Waals surface area contributed by atoms with Crippen LogP contribution >= 0.6 is 11.3 Å². The molecule has 1 amide bonds. The van der Waals surface area contributed by atoms with Crippen LogP contribution in [0.4, 0.5) is 0 Å². The van der Waals surface area contributed by atoms with Crippen molar-refractivity contribution in [2.24, 2.45) is 7.05 Å². The Kier molecular flexibility index (Phi) is 4.60. The lowest BCUT2D eigenvalue weighted by Gasteiger charge is -2.32. The van der Waals surface area contributed by atoms with Crippen molar-refractivity contribution < 1.29 is 9.53 Å². The minimum Gasteiger partial charge on any atom is -0.377 e. The van der Waals surface area contributed by atoms with Gasteiger partial charge in [-0.2, -0.15) is 0 Å². The quantitative estimate of drug-likeness (QED) is 0.498. The van der Waals surface area contributed by atoms with Crippen LogP contribution in [0.25, 0.3) is 32.4 Å². The predicted molar refractivity (Wildman–Crippen MR) is 117 cm³/mol. The Morgan fingerprint density at radius 3 is 2.93 bits per heavy atom. The smallest absolute Gasteiger partial charge is 0.276 e. The molecule has 1 aliphatic heterocycles. The van der Waals surface area contributed by atoms with Crippen molar-refractivity contribution in [1.29, 1.82) is 0 Å². The summed E-state index contributed by atoms with van der Waals surface area (Å²) in [6.45, 7) is 3.74. The van der Waals surface area contributed by atoms with Gasteiger partial charge in [-0.15, -0.1) is 11.3 Å². The number of aryl methyl sites for hydroxylation is 1. The van der Waals surface area contributed by atoms with Gasteiger partial charge in [0.2, 0.25) is 0 Å². The fourth-order valence-corrected chi connectivity index (χ4v) is 4.70. The summed E-state index contributed by atoms with van der Waals surface area (Å²) >= 11 is 1.40. The molecule has 1 aliphatic rings. The number of hydrogen-bond acceptors (Lipinski definition) is 6. The van der Waals surface area contributed by atoms with E-state index in [0.29, 0.717) is 30.2 Å². The second-order valence-corrected chi connectivity index (χ2v) is 8.55. The van der Waals surface area contributed by atoms with Crippen molar-refractivity contribution in [3.8, 4) is 11.3 Å². The zero-order valence-electron chi connectivity index (χ0n) is 16.7. The summed E-state index contributed by atoms with van der Waals surface area (Å²) in [4.78, 5) is 37.6. The SMILES string of the molecule is C[C@@H]1COCCN1C(=O)c1cc2ccc(-c3cnc4c(=O)n(C)ccc4c3)nc2s1. The molecule has 4 aromatic rings. The summed E-state index contributed by atoms with van der Waals surface area (Å²) in [5.74, 6) is 0.0265. The van der Waals surface area contributed by atoms with Gasteiger partial charge in [-0.1, -0.05) is 0 Å². The van der Waals surface area contributed by atoms with Gasteiger partial charge in [0.1, 0.15) is 10.3 Å². The van der Waals surface area contributed by atoms with Gasteiger partial charge >= 0.3 is 0 Å². The lowest BCUT2D eigenvalue weighted by Crippen LogP contribution is -2.46. The molecule has 1 atom stereocenters. The Hall–Kier alpha value is -3.10. The molecule has 0 bridgehead atoms. The molecular formula is C22H20N4O3S. The number of nitrogens with zero attached hydrogens (tertiary/aromatic N) is 4. The lowest BCUT2D eigenvalue weighted by atomic mass is 10.1. The van der Waals surface area contributed by atoms with Gasteiger partial charge in [0.15, 0.2) is 0 Å². The number of aromatic nitrogens is 3. The maximum atomic E-state index is 13.0. The van der Waals surface area contributed by atoms with E-state index in [4.69, 9.17) is 9.72 Å². The maximum absolute atomic E-state index is 13.0. The molecule has 0 N–H and O–H groups in total. The average molecular weight is 420 g/mol. The summed E-state index contributed by atoms with van der Waals surface area (Å²) in [6.07, 6.45) is 3.41. The van der Waals surface area contributed by atoms with Crippen LogP contribution in [-0.4, -0.2) is 51.1 Å². The molecule has 0 saturated carbocycles. The average Bonchev–Trinajstić information content (AvgIpc) is 3.19. The Labute approximate surface area is 176 Å². The number of amides is 1. The molecule has 1 fully saturated rings. The molecule has 0 aromatic carbocycles. The highest BCUT2D eigenvalue weighted by molar-refractivity contribution is 7.20. The Morgan fingerprint density at radius 2 is 2.10 bits per heavy atom. The van der Waals surface area contributed by atoms with E-state index >= 15 is 0 Å². The summed E-state index contributed by atoms with van der Waals surface area (Å²) in [6, 6.07) is 9.66. The molecule has 0 radical (unpaired) electrons. The van der Waals surface area contributed by atoms with Crippen LogP contribution in [-0.2, 0) is 11.8 Å². The van der Waals surface area contributed by atoms with Gasteiger partial charge < -0.3 is 14.2 Å². The molecule has 5 rings (SSSR count). The van der Waals surface area contributed by atoms with Crippen LogP contribution in [0, 0.1) is 0 Å². The van der Waals surface area contributed by atoms with E-state index < -0.39 is 0 Å². The third kappa shape index (κ3) is 3.18. The van der Waals surface area contributed by atoms with Gasteiger partial charge in [-0.05, 0) is 37.3 Å². The first kappa shape index (κ1) is 18.9. The van der Waals surface area contributed by atoms with Gasteiger partial charge in [-0.25, -0.2) is 9.97 Å². The van der Waals surface area contributed by atoms with Crippen LogP contribution < -0.4 is 5.56 Å². The highest BCUT2D eigenvalue weighted by Gasteiger charge is 2.26. The zero-order chi connectivity index (χ0) is 20.8. The molecule has 30 heavy (non-hydrogen) atoms.